The number of carbonyl (C=O) groups is 1. The van der Waals surface area contributed by atoms with Crippen molar-refractivity contribution in [1.29, 1.82) is 0 Å². The number of aromatic amines is 1. The van der Waals surface area contributed by atoms with E-state index in [1.165, 1.54) is 18.4 Å². The summed E-state index contributed by atoms with van der Waals surface area (Å²) in [5.74, 6) is -0.256. The number of H-pyrrole nitrogens is 1. The maximum absolute atomic E-state index is 10.8. The van der Waals surface area contributed by atoms with Gasteiger partial charge in [-0.25, -0.2) is 0 Å². The van der Waals surface area contributed by atoms with Gasteiger partial charge in [-0.15, -0.1) is 0 Å². The van der Waals surface area contributed by atoms with Gasteiger partial charge in [0.15, 0.2) is 0 Å². The van der Waals surface area contributed by atoms with Gasteiger partial charge in [-0.1, -0.05) is 6.07 Å². The first kappa shape index (κ1) is 11.3. The number of aromatic nitrogens is 1. The molecule has 1 heterocycles. The van der Waals surface area contributed by atoms with E-state index in [4.69, 9.17) is 10.8 Å². The van der Waals surface area contributed by atoms with Crippen LogP contribution in [-0.4, -0.2) is 22.1 Å². The van der Waals surface area contributed by atoms with E-state index < -0.39 is 12.0 Å². The third kappa shape index (κ3) is 1.99. The second-order valence-electron chi connectivity index (χ2n) is 5.04. The number of rotatable bonds is 4. The first-order valence-corrected chi connectivity index (χ1v) is 6.23. The Bertz CT molecular complexity index is 599. The highest BCUT2D eigenvalue weighted by Gasteiger charge is 2.24. The summed E-state index contributed by atoms with van der Waals surface area (Å²) >= 11 is 0. The Balaban J connectivity index is 1.95. The number of nitrogens with two attached hydrogens (primary N) is 1. The van der Waals surface area contributed by atoms with Crippen molar-refractivity contribution in [3.8, 4) is 0 Å². The number of aliphatic carboxylic acids is 1. The molecule has 1 fully saturated rings. The molecule has 0 aliphatic heterocycles. The van der Waals surface area contributed by atoms with Crippen molar-refractivity contribution >= 4 is 16.9 Å². The molecule has 4 heteroatoms. The number of carboxylic acids is 1. The molecule has 1 aliphatic rings. The smallest absolute Gasteiger partial charge is 0.320 e. The number of fused-ring (bicyclic) bond motifs is 1. The van der Waals surface area contributed by atoms with E-state index in [9.17, 15) is 4.79 Å². The molecule has 0 saturated heterocycles. The fraction of sp³-hybridized carbons (Fsp3) is 0.357. The Morgan fingerprint density at radius 1 is 1.50 bits per heavy atom. The van der Waals surface area contributed by atoms with Crippen molar-refractivity contribution in [2.45, 2.75) is 31.2 Å². The number of carboxylic acid groups (broad SMARTS) is 1. The summed E-state index contributed by atoms with van der Waals surface area (Å²) in [4.78, 5) is 14.0. The fourth-order valence-corrected chi connectivity index (χ4v) is 2.36. The Kier molecular flexibility index (Phi) is 2.59. The van der Waals surface area contributed by atoms with E-state index in [-0.39, 0.29) is 0 Å². The van der Waals surface area contributed by atoms with Gasteiger partial charge in [0.1, 0.15) is 6.04 Å². The third-order valence-corrected chi connectivity index (χ3v) is 3.60. The molecule has 1 atom stereocenters. The predicted octanol–water partition coefficient (Wildman–Crippen LogP) is 2.00. The van der Waals surface area contributed by atoms with Gasteiger partial charge in [-0.05, 0) is 42.0 Å². The molecule has 4 nitrogen and oxygen atoms in total. The molecule has 0 radical (unpaired) electrons. The Morgan fingerprint density at radius 2 is 2.28 bits per heavy atom. The highest BCUT2D eigenvalue weighted by atomic mass is 16.4. The predicted molar refractivity (Wildman–Crippen MR) is 69.6 cm³/mol. The lowest BCUT2D eigenvalue weighted by Crippen LogP contribution is -2.32. The zero-order valence-corrected chi connectivity index (χ0v) is 10.0. The number of benzene rings is 1. The third-order valence-electron chi connectivity index (χ3n) is 3.60. The Hall–Kier alpha value is -1.81. The quantitative estimate of drug-likeness (QED) is 0.769. The van der Waals surface area contributed by atoms with Gasteiger partial charge in [0.2, 0.25) is 0 Å². The lowest BCUT2D eigenvalue weighted by Gasteiger charge is -2.05. The van der Waals surface area contributed by atoms with E-state index in [1.807, 2.05) is 6.20 Å². The summed E-state index contributed by atoms with van der Waals surface area (Å²) in [5.41, 5.74) is 8.99. The number of hydrogen-bond donors (Lipinski definition) is 3. The van der Waals surface area contributed by atoms with Crippen LogP contribution in [0.25, 0.3) is 10.9 Å². The van der Waals surface area contributed by atoms with Gasteiger partial charge in [-0.2, -0.15) is 0 Å². The van der Waals surface area contributed by atoms with Crippen LogP contribution in [-0.2, 0) is 11.2 Å². The zero-order valence-electron chi connectivity index (χ0n) is 10.0. The zero-order chi connectivity index (χ0) is 12.7. The van der Waals surface area contributed by atoms with Gasteiger partial charge in [0.25, 0.3) is 0 Å². The summed E-state index contributed by atoms with van der Waals surface area (Å²) in [6.07, 6.45) is 4.76. The van der Waals surface area contributed by atoms with Crippen LogP contribution in [0.1, 0.15) is 29.9 Å². The molecule has 1 saturated carbocycles. The van der Waals surface area contributed by atoms with E-state index in [2.05, 4.69) is 23.2 Å². The summed E-state index contributed by atoms with van der Waals surface area (Å²) in [6, 6.07) is 5.55. The number of hydrogen-bond acceptors (Lipinski definition) is 2. The molecular weight excluding hydrogens is 228 g/mol. The van der Waals surface area contributed by atoms with Gasteiger partial charge in [0.05, 0.1) is 0 Å². The largest absolute Gasteiger partial charge is 0.480 e. The van der Waals surface area contributed by atoms with Crippen molar-refractivity contribution in [2.75, 3.05) is 0 Å². The second kappa shape index (κ2) is 4.14. The topological polar surface area (TPSA) is 79.1 Å². The van der Waals surface area contributed by atoms with Gasteiger partial charge in [-0.3, -0.25) is 4.79 Å². The van der Waals surface area contributed by atoms with E-state index >= 15 is 0 Å². The molecule has 0 spiro atoms. The van der Waals surface area contributed by atoms with Crippen molar-refractivity contribution in [3.05, 3.63) is 35.5 Å². The maximum Gasteiger partial charge on any atom is 0.320 e. The van der Waals surface area contributed by atoms with Crippen molar-refractivity contribution < 1.29 is 9.90 Å². The van der Waals surface area contributed by atoms with Crippen molar-refractivity contribution in [2.24, 2.45) is 5.73 Å². The normalized spacial score (nSPS) is 16.9. The average Bonchev–Trinajstić information content (AvgIpc) is 3.13. The van der Waals surface area contributed by atoms with Crippen LogP contribution in [0.2, 0.25) is 0 Å². The van der Waals surface area contributed by atoms with Crippen molar-refractivity contribution in [3.63, 3.8) is 0 Å². The summed E-state index contributed by atoms with van der Waals surface area (Å²) in [6.45, 7) is 0. The molecule has 2 aromatic rings. The van der Waals surface area contributed by atoms with Gasteiger partial charge < -0.3 is 15.8 Å². The minimum atomic E-state index is -0.956. The fourth-order valence-electron chi connectivity index (χ4n) is 2.36. The van der Waals surface area contributed by atoms with Gasteiger partial charge >= 0.3 is 5.97 Å². The van der Waals surface area contributed by atoms with E-state index in [0.717, 1.165) is 16.5 Å². The van der Waals surface area contributed by atoms with E-state index in [1.54, 1.807) is 0 Å². The average molecular weight is 244 g/mol. The molecule has 4 N–H and O–H groups in total. The van der Waals surface area contributed by atoms with Crippen LogP contribution in [0.4, 0.5) is 0 Å². The molecule has 1 unspecified atom stereocenters. The van der Waals surface area contributed by atoms with Crippen LogP contribution >= 0.6 is 0 Å². The monoisotopic (exact) mass is 244 g/mol. The van der Waals surface area contributed by atoms with Crippen molar-refractivity contribution in [1.82, 2.24) is 4.98 Å². The summed E-state index contributed by atoms with van der Waals surface area (Å²) in [5, 5.41) is 9.98. The molecule has 3 rings (SSSR count). The maximum atomic E-state index is 10.8. The highest BCUT2D eigenvalue weighted by Crippen LogP contribution is 2.41. The van der Waals surface area contributed by atoms with Crippen LogP contribution in [0.3, 0.4) is 0 Å². The minimum Gasteiger partial charge on any atom is -0.480 e. The summed E-state index contributed by atoms with van der Waals surface area (Å²) < 4.78 is 0. The standard InChI is InChI=1S/C14H16N2O2/c15-12(14(17)18)6-10-7-16-13-4-3-9(5-11(10)13)8-1-2-8/h3-5,7-8,12,16H,1-2,6,15H2,(H,17,18). The molecule has 1 aromatic heterocycles. The molecule has 0 amide bonds. The second-order valence-corrected chi connectivity index (χ2v) is 5.04. The van der Waals surface area contributed by atoms with Crippen LogP contribution in [0.5, 0.6) is 0 Å². The Labute approximate surface area is 105 Å². The molecule has 1 aliphatic carbocycles. The SMILES string of the molecule is NC(Cc1c[nH]c2ccc(C3CC3)cc12)C(=O)O. The van der Waals surface area contributed by atoms with Crippen LogP contribution < -0.4 is 5.73 Å². The Morgan fingerprint density at radius 3 is 2.94 bits per heavy atom. The highest BCUT2D eigenvalue weighted by molar-refractivity contribution is 5.85. The summed E-state index contributed by atoms with van der Waals surface area (Å²) in [7, 11) is 0. The van der Waals surface area contributed by atoms with E-state index in [0.29, 0.717) is 12.3 Å². The molecule has 1 aromatic carbocycles. The molecule has 0 bridgehead atoms. The molecule has 94 valence electrons. The molecular formula is C14H16N2O2. The lowest BCUT2D eigenvalue weighted by molar-refractivity contribution is -0.138. The minimum absolute atomic E-state index is 0.365. The number of nitrogens with one attached hydrogen (secondary N) is 1. The van der Waals surface area contributed by atoms with Gasteiger partial charge in [0, 0.05) is 23.5 Å². The van der Waals surface area contributed by atoms with Crippen LogP contribution in [0, 0.1) is 0 Å². The first-order valence-electron chi connectivity index (χ1n) is 6.23. The first-order chi connectivity index (χ1) is 8.65. The van der Waals surface area contributed by atoms with Crippen LogP contribution in [0.15, 0.2) is 24.4 Å². The lowest BCUT2D eigenvalue weighted by atomic mass is 10.0. The molecule has 18 heavy (non-hydrogen) atoms.